The molecule has 14 heavy (non-hydrogen) atoms. The average molecular weight is 195 g/mol. The lowest BCUT2D eigenvalue weighted by Gasteiger charge is -2.34. The molecule has 4 heteroatoms. The molecule has 0 aliphatic carbocycles. The van der Waals surface area contributed by atoms with E-state index in [1.54, 1.807) is 11.8 Å². The zero-order valence-electron chi connectivity index (χ0n) is 8.57. The van der Waals surface area contributed by atoms with E-state index in [9.17, 15) is 4.79 Å². The first-order valence-electron chi connectivity index (χ1n) is 4.85. The third-order valence-electron chi connectivity index (χ3n) is 2.39. The molecule has 1 amide bonds. The minimum Gasteiger partial charge on any atom is -0.339 e. The molecule has 2 N–H and O–H groups in total. The van der Waals surface area contributed by atoms with E-state index < -0.39 is 6.04 Å². The van der Waals surface area contributed by atoms with Crippen LogP contribution >= 0.6 is 0 Å². The maximum absolute atomic E-state index is 11.5. The fourth-order valence-corrected chi connectivity index (χ4v) is 1.54. The summed E-state index contributed by atoms with van der Waals surface area (Å²) >= 11 is 0. The summed E-state index contributed by atoms with van der Waals surface area (Å²) in [5.74, 6) is 2.63. The van der Waals surface area contributed by atoms with E-state index >= 15 is 0 Å². The number of hydrogen-bond donors (Lipinski definition) is 1. The van der Waals surface area contributed by atoms with Gasteiger partial charge in [0.15, 0.2) is 0 Å². The highest BCUT2D eigenvalue weighted by molar-refractivity contribution is 5.81. The third kappa shape index (κ3) is 2.72. The first kappa shape index (κ1) is 11.0. The van der Waals surface area contributed by atoms with Gasteiger partial charge < -0.3 is 10.6 Å². The summed E-state index contributed by atoms with van der Waals surface area (Å²) in [4.78, 5) is 15.5. The van der Waals surface area contributed by atoms with E-state index in [0.717, 1.165) is 26.2 Å². The summed E-state index contributed by atoms with van der Waals surface area (Å²) in [5.41, 5.74) is 5.52. The summed E-state index contributed by atoms with van der Waals surface area (Å²) < 4.78 is 0. The van der Waals surface area contributed by atoms with E-state index in [1.165, 1.54) is 0 Å². The van der Waals surface area contributed by atoms with Crippen LogP contribution in [0.2, 0.25) is 0 Å². The zero-order valence-corrected chi connectivity index (χ0v) is 8.57. The Morgan fingerprint density at radius 3 is 2.50 bits per heavy atom. The Hall–Kier alpha value is -1.05. The SMILES string of the molecule is C#CCN1CCN(C(=O)[C@@H](C)N)CC1. The van der Waals surface area contributed by atoms with Crippen LogP contribution in [0.4, 0.5) is 0 Å². The zero-order chi connectivity index (χ0) is 10.6. The van der Waals surface area contributed by atoms with Crippen LogP contribution in [0.15, 0.2) is 0 Å². The van der Waals surface area contributed by atoms with Crippen LogP contribution in [0.1, 0.15) is 6.92 Å². The topological polar surface area (TPSA) is 49.6 Å². The average Bonchev–Trinajstić information content (AvgIpc) is 2.18. The fourth-order valence-electron chi connectivity index (χ4n) is 1.54. The van der Waals surface area contributed by atoms with Crippen molar-refractivity contribution in [3.63, 3.8) is 0 Å². The molecular weight excluding hydrogens is 178 g/mol. The largest absolute Gasteiger partial charge is 0.339 e. The maximum Gasteiger partial charge on any atom is 0.239 e. The lowest BCUT2D eigenvalue weighted by Crippen LogP contribution is -2.52. The fraction of sp³-hybridized carbons (Fsp3) is 0.700. The molecule has 1 atom stereocenters. The van der Waals surface area contributed by atoms with E-state index in [4.69, 9.17) is 12.2 Å². The number of piperazine rings is 1. The summed E-state index contributed by atoms with van der Waals surface area (Å²) in [6, 6.07) is -0.394. The van der Waals surface area contributed by atoms with Gasteiger partial charge in [-0.05, 0) is 6.92 Å². The monoisotopic (exact) mass is 195 g/mol. The molecule has 0 spiro atoms. The van der Waals surface area contributed by atoms with E-state index in [0.29, 0.717) is 6.54 Å². The second-order valence-corrected chi connectivity index (χ2v) is 3.59. The molecule has 0 bridgehead atoms. The molecular formula is C10H17N3O. The van der Waals surface area contributed by atoms with E-state index in [-0.39, 0.29) is 5.91 Å². The number of nitrogens with zero attached hydrogens (tertiary/aromatic N) is 2. The summed E-state index contributed by atoms with van der Waals surface area (Å²) in [5, 5.41) is 0. The Balaban J connectivity index is 2.36. The molecule has 4 nitrogen and oxygen atoms in total. The van der Waals surface area contributed by atoms with Crippen LogP contribution in [0.5, 0.6) is 0 Å². The number of carbonyl (C=O) groups is 1. The Kier molecular flexibility index (Phi) is 3.93. The van der Waals surface area contributed by atoms with Gasteiger partial charge in [-0.15, -0.1) is 6.42 Å². The number of carbonyl (C=O) groups excluding carboxylic acids is 1. The van der Waals surface area contributed by atoms with Crippen molar-refractivity contribution in [3.8, 4) is 12.3 Å². The van der Waals surface area contributed by atoms with E-state index in [2.05, 4.69) is 10.8 Å². The van der Waals surface area contributed by atoms with Gasteiger partial charge >= 0.3 is 0 Å². The molecule has 1 rings (SSSR count). The van der Waals surface area contributed by atoms with Crippen LogP contribution in [0.25, 0.3) is 0 Å². The highest BCUT2D eigenvalue weighted by Crippen LogP contribution is 2.02. The maximum atomic E-state index is 11.5. The Morgan fingerprint density at radius 2 is 2.07 bits per heavy atom. The van der Waals surface area contributed by atoms with Gasteiger partial charge in [0.2, 0.25) is 5.91 Å². The molecule has 0 saturated carbocycles. The van der Waals surface area contributed by atoms with Gasteiger partial charge in [-0.2, -0.15) is 0 Å². The molecule has 0 aromatic rings. The Bertz CT molecular complexity index is 236. The molecule has 0 aromatic carbocycles. The van der Waals surface area contributed by atoms with Crippen molar-refractivity contribution in [1.29, 1.82) is 0 Å². The molecule has 1 saturated heterocycles. The van der Waals surface area contributed by atoms with Crippen molar-refractivity contribution in [2.75, 3.05) is 32.7 Å². The predicted octanol–water partition coefficient (Wildman–Crippen LogP) is -0.889. The van der Waals surface area contributed by atoms with Gasteiger partial charge in [0, 0.05) is 26.2 Å². The second-order valence-electron chi connectivity index (χ2n) is 3.59. The normalized spacial score (nSPS) is 20.2. The molecule has 0 radical (unpaired) electrons. The van der Waals surface area contributed by atoms with Crippen LogP contribution < -0.4 is 5.73 Å². The van der Waals surface area contributed by atoms with Crippen molar-refractivity contribution in [2.45, 2.75) is 13.0 Å². The highest BCUT2D eigenvalue weighted by atomic mass is 16.2. The van der Waals surface area contributed by atoms with Gasteiger partial charge in [-0.3, -0.25) is 9.69 Å². The van der Waals surface area contributed by atoms with Crippen molar-refractivity contribution in [1.82, 2.24) is 9.80 Å². The van der Waals surface area contributed by atoms with Crippen LogP contribution in [0.3, 0.4) is 0 Å². The Morgan fingerprint density at radius 1 is 1.50 bits per heavy atom. The highest BCUT2D eigenvalue weighted by Gasteiger charge is 2.22. The smallest absolute Gasteiger partial charge is 0.239 e. The van der Waals surface area contributed by atoms with Crippen LogP contribution in [-0.2, 0) is 4.79 Å². The molecule has 1 fully saturated rings. The first-order chi connectivity index (χ1) is 6.65. The first-order valence-corrected chi connectivity index (χ1v) is 4.85. The van der Waals surface area contributed by atoms with Crippen LogP contribution in [-0.4, -0.2) is 54.5 Å². The second kappa shape index (κ2) is 4.99. The summed E-state index contributed by atoms with van der Waals surface area (Å²) in [7, 11) is 0. The standard InChI is InChI=1S/C10H17N3O/c1-3-4-12-5-7-13(8-6-12)10(14)9(2)11/h1,9H,4-8,11H2,2H3/t9-/m1/s1. The lowest BCUT2D eigenvalue weighted by atomic mass is 10.2. The minimum atomic E-state index is -0.394. The third-order valence-corrected chi connectivity index (χ3v) is 2.39. The van der Waals surface area contributed by atoms with Crippen molar-refractivity contribution in [3.05, 3.63) is 0 Å². The summed E-state index contributed by atoms with van der Waals surface area (Å²) in [6.45, 7) is 5.56. The van der Waals surface area contributed by atoms with Crippen molar-refractivity contribution < 1.29 is 4.79 Å². The number of terminal acetylenes is 1. The molecule has 0 unspecified atom stereocenters. The molecule has 0 aromatic heterocycles. The van der Waals surface area contributed by atoms with Gasteiger partial charge in [0.1, 0.15) is 0 Å². The van der Waals surface area contributed by atoms with Gasteiger partial charge in [-0.25, -0.2) is 0 Å². The predicted molar refractivity (Wildman–Crippen MR) is 55.5 cm³/mol. The molecule has 78 valence electrons. The number of nitrogens with two attached hydrogens (primary N) is 1. The van der Waals surface area contributed by atoms with Gasteiger partial charge in [0.25, 0.3) is 0 Å². The minimum absolute atomic E-state index is 0.0327. The van der Waals surface area contributed by atoms with E-state index in [1.807, 2.05) is 0 Å². The molecule has 1 aliphatic rings. The number of amides is 1. The van der Waals surface area contributed by atoms with Gasteiger partial charge in [-0.1, -0.05) is 5.92 Å². The lowest BCUT2D eigenvalue weighted by molar-refractivity contribution is -0.133. The van der Waals surface area contributed by atoms with Crippen LogP contribution in [0, 0.1) is 12.3 Å². The Labute approximate surface area is 85.0 Å². The van der Waals surface area contributed by atoms with Crippen molar-refractivity contribution >= 4 is 5.91 Å². The number of hydrogen-bond acceptors (Lipinski definition) is 3. The number of rotatable bonds is 2. The summed E-state index contributed by atoms with van der Waals surface area (Å²) in [6.07, 6.45) is 5.21. The molecule has 1 aliphatic heterocycles. The van der Waals surface area contributed by atoms with Gasteiger partial charge in [0.05, 0.1) is 12.6 Å². The quantitative estimate of drug-likeness (QED) is 0.582. The molecule has 1 heterocycles. The van der Waals surface area contributed by atoms with Crippen molar-refractivity contribution in [2.24, 2.45) is 5.73 Å².